The topological polar surface area (TPSA) is 83.9 Å². The number of Topliss-reactive ketones (excluding diaryl/α,β-unsaturated/α-hetero) is 1. The van der Waals surface area contributed by atoms with E-state index < -0.39 is 17.6 Å². The van der Waals surface area contributed by atoms with E-state index in [9.17, 15) is 23.2 Å². The van der Waals surface area contributed by atoms with E-state index in [2.05, 4.69) is 0 Å². The summed E-state index contributed by atoms with van der Waals surface area (Å²) in [4.78, 5) is 37.6. The van der Waals surface area contributed by atoms with Gasteiger partial charge >= 0.3 is 12.1 Å². The number of rotatable bonds is 7. The highest BCUT2D eigenvalue weighted by Crippen LogP contribution is 2.29. The number of benzene rings is 2. The molecule has 186 valence electrons. The van der Waals surface area contributed by atoms with Crippen molar-refractivity contribution in [2.24, 2.45) is 5.92 Å². The van der Waals surface area contributed by atoms with Crippen LogP contribution >= 0.6 is 0 Å². The van der Waals surface area contributed by atoms with Crippen LogP contribution in [0.1, 0.15) is 54.4 Å². The standard InChI is InChI=1S/C27H29F2NO5/c28-24-3-1-2-20(26(24)29)15-22(31)13-18-4-7-21-16-30(11-10-19(21)12-18)27(34)35-23-8-5-17(6-9-23)14-25(32)33/h1-4,7,12,17,23H,5-6,8-11,13-16H2,(H,32,33). The molecule has 0 saturated heterocycles. The lowest BCUT2D eigenvalue weighted by molar-refractivity contribution is -0.138. The van der Waals surface area contributed by atoms with Crippen LogP contribution in [0.3, 0.4) is 0 Å². The zero-order valence-electron chi connectivity index (χ0n) is 19.5. The summed E-state index contributed by atoms with van der Waals surface area (Å²) in [6, 6.07) is 9.51. The van der Waals surface area contributed by atoms with Crippen molar-refractivity contribution in [3.63, 3.8) is 0 Å². The number of carboxylic acid groups (broad SMARTS) is 1. The number of nitrogens with zero attached hydrogens (tertiary/aromatic N) is 1. The molecular formula is C27H29F2NO5. The van der Waals surface area contributed by atoms with Crippen molar-refractivity contribution >= 4 is 17.8 Å². The third kappa shape index (κ3) is 6.44. The average Bonchev–Trinajstić information content (AvgIpc) is 2.82. The Labute approximate surface area is 202 Å². The normalized spacial score (nSPS) is 19.7. The number of amides is 1. The molecule has 1 amide bonds. The summed E-state index contributed by atoms with van der Waals surface area (Å²) in [5.41, 5.74) is 2.91. The molecule has 0 bridgehead atoms. The average molecular weight is 486 g/mol. The summed E-state index contributed by atoms with van der Waals surface area (Å²) in [5, 5.41) is 8.93. The number of hydrogen-bond acceptors (Lipinski definition) is 4. The van der Waals surface area contributed by atoms with E-state index in [1.807, 2.05) is 18.2 Å². The molecule has 8 heteroatoms. The van der Waals surface area contributed by atoms with E-state index in [0.717, 1.165) is 35.6 Å². The zero-order chi connectivity index (χ0) is 24.9. The molecule has 0 spiro atoms. The molecule has 35 heavy (non-hydrogen) atoms. The van der Waals surface area contributed by atoms with Gasteiger partial charge in [-0.15, -0.1) is 0 Å². The Morgan fingerprint density at radius 3 is 2.51 bits per heavy atom. The summed E-state index contributed by atoms with van der Waals surface area (Å²) in [5.74, 6) is -2.78. The lowest BCUT2D eigenvalue weighted by Crippen LogP contribution is -2.39. The number of hydrogen-bond donors (Lipinski definition) is 1. The number of carboxylic acids is 1. The number of halogens is 2. The molecule has 2 aliphatic rings. The van der Waals surface area contributed by atoms with E-state index in [-0.39, 0.29) is 48.7 Å². The molecule has 1 aliphatic carbocycles. The van der Waals surface area contributed by atoms with Crippen LogP contribution in [0.2, 0.25) is 0 Å². The molecule has 6 nitrogen and oxygen atoms in total. The molecular weight excluding hydrogens is 456 g/mol. The molecule has 1 N–H and O–H groups in total. The van der Waals surface area contributed by atoms with Crippen LogP contribution in [0, 0.1) is 17.6 Å². The minimum absolute atomic E-state index is 0.0532. The molecule has 4 rings (SSSR count). The predicted octanol–water partition coefficient (Wildman–Crippen LogP) is 4.85. The number of carbonyl (C=O) groups excluding carboxylic acids is 2. The Hall–Kier alpha value is -3.29. The monoisotopic (exact) mass is 485 g/mol. The van der Waals surface area contributed by atoms with Gasteiger partial charge in [0, 0.05) is 32.4 Å². The van der Waals surface area contributed by atoms with Gasteiger partial charge in [0.05, 0.1) is 0 Å². The van der Waals surface area contributed by atoms with Crippen molar-refractivity contribution in [1.29, 1.82) is 0 Å². The third-order valence-electron chi connectivity index (χ3n) is 6.89. The first-order valence-corrected chi connectivity index (χ1v) is 12.0. The van der Waals surface area contributed by atoms with Crippen LogP contribution in [-0.2, 0) is 40.1 Å². The van der Waals surface area contributed by atoms with Crippen LogP contribution in [0.5, 0.6) is 0 Å². The molecule has 0 radical (unpaired) electrons. The van der Waals surface area contributed by atoms with Crippen molar-refractivity contribution in [2.75, 3.05) is 6.54 Å². The molecule has 1 saturated carbocycles. The quantitative estimate of drug-likeness (QED) is 0.606. The summed E-state index contributed by atoms with van der Waals surface area (Å²) in [6.45, 7) is 0.928. The van der Waals surface area contributed by atoms with Gasteiger partial charge in [-0.25, -0.2) is 13.6 Å². The van der Waals surface area contributed by atoms with Crippen molar-refractivity contribution < 1.29 is 33.0 Å². The zero-order valence-corrected chi connectivity index (χ0v) is 19.5. The van der Waals surface area contributed by atoms with Gasteiger partial charge in [0.25, 0.3) is 0 Å². The molecule has 0 aromatic heterocycles. The second-order valence-corrected chi connectivity index (χ2v) is 9.50. The Kier molecular flexibility index (Phi) is 7.78. The molecule has 1 fully saturated rings. The van der Waals surface area contributed by atoms with Gasteiger partial charge in [0.2, 0.25) is 0 Å². The fourth-order valence-electron chi connectivity index (χ4n) is 4.98. The maximum absolute atomic E-state index is 13.8. The van der Waals surface area contributed by atoms with Gasteiger partial charge in [-0.05, 0) is 66.3 Å². The predicted molar refractivity (Wildman–Crippen MR) is 124 cm³/mol. The van der Waals surface area contributed by atoms with Gasteiger partial charge in [-0.1, -0.05) is 30.3 Å². The molecule has 1 heterocycles. The van der Waals surface area contributed by atoms with Gasteiger partial charge in [0.1, 0.15) is 11.9 Å². The van der Waals surface area contributed by atoms with Gasteiger partial charge in [0.15, 0.2) is 11.6 Å². The summed E-state index contributed by atoms with van der Waals surface area (Å²) < 4.78 is 32.9. The largest absolute Gasteiger partial charge is 0.481 e. The van der Waals surface area contributed by atoms with E-state index in [0.29, 0.717) is 32.4 Å². The Balaban J connectivity index is 1.28. The number of ketones is 1. The van der Waals surface area contributed by atoms with E-state index in [1.165, 1.54) is 12.1 Å². The van der Waals surface area contributed by atoms with Crippen LogP contribution in [0.4, 0.5) is 13.6 Å². The van der Waals surface area contributed by atoms with Crippen molar-refractivity contribution in [2.45, 2.75) is 64.0 Å². The maximum Gasteiger partial charge on any atom is 0.410 e. The van der Waals surface area contributed by atoms with Crippen molar-refractivity contribution in [3.8, 4) is 0 Å². The molecule has 0 atom stereocenters. The number of carbonyl (C=O) groups is 3. The van der Waals surface area contributed by atoms with Crippen molar-refractivity contribution in [3.05, 3.63) is 70.3 Å². The SMILES string of the molecule is O=C(O)CC1CCC(OC(=O)N2CCc3cc(CC(=O)Cc4cccc(F)c4F)ccc3C2)CC1. The fourth-order valence-corrected chi connectivity index (χ4v) is 4.98. The molecule has 1 aliphatic heterocycles. The number of fused-ring (bicyclic) bond motifs is 1. The van der Waals surface area contributed by atoms with Crippen LogP contribution < -0.4 is 0 Å². The first kappa shape index (κ1) is 24.8. The summed E-state index contributed by atoms with van der Waals surface area (Å²) in [6.07, 6.45) is 3.10. The van der Waals surface area contributed by atoms with Gasteiger partial charge in [-0.2, -0.15) is 0 Å². The van der Waals surface area contributed by atoms with Gasteiger partial charge in [-0.3, -0.25) is 9.59 Å². The highest BCUT2D eigenvalue weighted by Gasteiger charge is 2.28. The highest BCUT2D eigenvalue weighted by atomic mass is 19.2. The molecule has 2 aromatic carbocycles. The smallest absolute Gasteiger partial charge is 0.410 e. The first-order valence-electron chi connectivity index (χ1n) is 12.0. The van der Waals surface area contributed by atoms with Crippen LogP contribution in [0.25, 0.3) is 0 Å². The van der Waals surface area contributed by atoms with Crippen LogP contribution in [-0.4, -0.2) is 40.5 Å². The molecule has 2 aromatic rings. The van der Waals surface area contributed by atoms with E-state index in [4.69, 9.17) is 9.84 Å². The minimum atomic E-state index is -0.980. The van der Waals surface area contributed by atoms with Gasteiger partial charge < -0.3 is 14.7 Å². The Morgan fingerprint density at radius 2 is 1.77 bits per heavy atom. The second-order valence-electron chi connectivity index (χ2n) is 9.50. The molecule has 0 unspecified atom stereocenters. The lowest BCUT2D eigenvalue weighted by Gasteiger charge is -2.32. The summed E-state index contributed by atoms with van der Waals surface area (Å²) >= 11 is 0. The second kappa shape index (κ2) is 11.0. The number of ether oxygens (including phenoxy) is 1. The maximum atomic E-state index is 13.8. The van der Waals surface area contributed by atoms with E-state index >= 15 is 0 Å². The van der Waals surface area contributed by atoms with E-state index in [1.54, 1.807) is 4.90 Å². The van der Waals surface area contributed by atoms with Crippen molar-refractivity contribution in [1.82, 2.24) is 4.90 Å². The Morgan fingerprint density at radius 1 is 1.00 bits per heavy atom. The van der Waals surface area contributed by atoms with Crippen LogP contribution in [0.15, 0.2) is 36.4 Å². The Bertz CT molecular complexity index is 1110. The summed E-state index contributed by atoms with van der Waals surface area (Å²) in [7, 11) is 0. The first-order chi connectivity index (χ1) is 16.8. The minimum Gasteiger partial charge on any atom is -0.481 e. The lowest BCUT2D eigenvalue weighted by atomic mass is 9.85. The third-order valence-corrected chi connectivity index (χ3v) is 6.89. The number of aliphatic carboxylic acids is 1. The fraction of sp³-hybridized carbons (Fsp3) is 0.444. The highest BCUT2D eigenvalue weighted by molar-refractivity contribution is 5.83.